The lowest BCUT2D eigenvalue weighted by Gasteiger charge is -2.79. The van der Waals surface area contributed by atoms with Crippen molar-refractivity contribution in [3.8, 4) is 17.2 Å². The highest BCUT2D eigenvalue weighted by molar-refractivity contribution is 5.76. The second-order valence-electron chi connectivity index (χ2n) is 18.1. The molecule has 8 aliphatic rings. The summed E-state index contributed by atoms with van der Waals surface area (Å²) in [4.78, 5) is 13.1. The molecule has 4 N–H and O–H groups in total. The van der Waals surface area contributed by atoms with E-state index in [-0.39, 0.29) is 43.7 Å². The van der Waals surface area contributed by atoms with Crippen LogP contribution in [0, 0.1) is 37.9 Å². The molecule has 2 aromatic carbocycles. The zero-order valence-electron chi connectivity index (χ0n) is 25.8. The van der Waals surface area contributed by atoms with Gasteiger partial charge in [-0.2, -0.15) is 0 Å². The summed E-state index contributed by atoms with van der Waals surface area (Å²) in [5.41, 5.74) is 8.22. The number of carbonyl (C=O) groups is 1. The first-order chi connectivity index (χ1) is 19.5. The van der Waals surface area contributed by atoms with Crippen LogP contribution < -0.4 is 10.5 Å². The molecule has 8 fully saturated rings. The van der Waals surface area contributed by atoms with E-state index in [2.05, 4.69) is 52.0 Å². The van der Waals surface area contributed by atoms with Crippen LogP contribution in [0.1, 0.15) is 110 Å². The molecule has 10 rings (SSSR count). The Hall–Kier alpha value is -2.69. The molecule has 224 valence electrons. The fourth-order valence-corrected chi connectivity index (χ4v) is 14.6. The van der Waals surface area contributed by atoms with E-state index in [1.807, 2.05) is 0 Å². The number of rotatable bonds is 5. The van der Waals surface area contributed by atoms with Crippen molar-refractivity contribution in [2.75, 3.05) is 5.73 Å². The third-order valence-corrected chi connectivity index (χ3v) is 13.5. The average Bonchev–Trinajstić information content (AvgIpc) is 2.82. The molecule has 0 heterocycles. The number of phenols is 1. The molecule has 0 saturated heterocycles. The Labute approximate surface area is 250 Å². The van der Waals surface area contributed by atoms with Crippen molar-refractivity contribution in [1.82, 2.24) is 0 Å². The molecular weight excluding hydrogens is 522 g/mol. The third kappa shape index (κ3) is 3.57. The Balaban J connectivity index is 1.19. The first-order valence-corrected chi connectivity index (χ1v) is 16.1. The van der Waals surface area contributed by atoms with Gasteiger partial charge < -0.3 is 20.7 Å². The predicted molar refractivity (Wildman–Crippen MR) is 163 cm³/mol. The maximum atomic E-state index is 13.1. The standard InChI is InChI=1S/C37H47NO4/c1-30-12-31(2)15-34(14-30,24-5-7-25(8-6-24)42-26-9-10-27(38)28(39)11-26)22-36(18-30,19-31)37-20-32(3)13-33(4,21-37)17-35(16-32,23-37)29(40)41/h5-11,39H,12-23,38H2,1-4H3,(H,40,41). The molecule has 8 aliphatic carbocycles. The van der Waals surface area contributed by atoms with Gasteiger partial charge in [0.2, 0.25) is 0 Å². The van der Waals surface area contributed by atoms with Gasteiger partial charge in [0, 0.05) is 6.07 Å². The number of carboxylic acids is 1. The quantitative estimate of drug-likeness (QED) is 0.247. The van der Waals surface area contributed by atoms with Gasteiger partial charge in [0.15, 0.2) is 0 Å². The highest BCUT2D eigenvalue weighted by Gasteiger charge is 2.77. The number of hydrogen-bond acceptors (Lipinski definition) is 4. The molecular formula is C37H47NO4. The fourth-order valence-electron chi connectivity index (χ4n) is 14.6. The van der Waals surface area contributed by atoms with Gasteiger partial charge >= 0.3 is 5.97 Å². The van der Waals surface area contributed by atoms with Gasteiger partial charge in [0.05, 0.1) is 11.1 Å². The number of nitrogens with two attached hydrogens (primary N) is 1. The van der Waals surface area contributed by atoms with Crippen molar-refractivity contribution in [1.29, 1.82) is 0 Å². The van der Waals surface area contributed by atoms with Crippen LogP contribution in [0.25, 0.3) is 0 Å². The lowest BCUT2D eigenvalue weighted by Crippen LogP contribution is -2.71. The summed E-state index contributed by atoms with van der Waals surface area (Å²) < 4.78 is 6.10. The monoisotopic (exact) mass is 569 g/mol. The number of phenolic OH excluding ortho intramolecular Hbond substituents is 1. The van der Waals surface area contributed by atoms with E-state index in [4.69, 9.17) is 10.5 Å². The highest BCUT2D eigenvalue weighted by atomic mass is 16.5. The summed E-state index contributed by atoms with van der Waals surface area (Å²) in [5.74, 6) is 0.830. The third-order valence-electron chi connectivity index (χ3n) is 13.5. The minimum absolute atomic E-state index is 0.0292. The van der Waals surface area contributed by atoms with E-state index in [9.17, 15) is 15.0 Å². The molecule has 8 saturated carbocycles. The normalized spacial score (nSPS) is 48.0. The summed E-state index contributed by atoms with van der Waals surface area (Å²) in [6.07, 6.45) is 13.7. The van der Waals surface area contributed by atoms with Crippen molar-refractivity contribution in [2.24, 2.45) is 37.9 Å². The lowest BCUT2D eigenvalue weighted by molar-refractivity contribution is -0.286. The van der Waals surface area contributed by atoms with E-state index in [0.29, 0.717) is 11.4 Å². The zero-order valence-corrected chi connectivity index (χ0v) is 25.8. The van der Waals surface area contributed by atoms with Crippen LogP contribution in [0.2, 0.25) is 0 Å². The number of aliphatic carboxylic acids is 1. The van der Waals surface area contributed by atoms with Crippen molar-refractivity contribution >= 4 is 11.7 Å². The van der Waals surface area contributed by atoms with Gasteiger partial charge in [-0.05, 0) is 145 Å². The van der Waals surface area contributed by atoms with Crippen LogP contribution in [0.5, 0.6) is 17.2 Å². The van der Waals surface area contributed by atoms with Crippen molar-refractivity contribution in [2.45, 2.75) is 110 Å². The SMILES string of the molecule is CC12CC3(C)CC(C(=O)O)(C1)CC(C14CC5(C)CC(C)(CC(c6ccc(Oc7ccc(N)c(O)c7)cc6)(C5)C1)C4)(C2)C3. The Morgan fingerprint density at radius 2 is 1.17 bits per heavy atom. The van der Waals surface area contributed by atoms with Gasteiger partial charge in [0.25, 0.3) is 0 Å². The second kappa shape index (κ2) is 7.68. The number of hydrogen-bond donors (Lipinski definition) is 3. The summed E-state index contributed by atoms with van der Waals surface area (Å²) in [5, 5.41) is 20.8. The number of anilines is 1. The number of ether oxygens (including phenoxy) is 1. The topological polar surface area (TPSA) is 92.8 Å². The van der Waals surface area contributed by atoms with Crippen LogP contribution in [-0.2, 0) is 10.2 Å². The van der Waals surface area contributed by atoms with Crippen LogP contribution >= 0.6 is 0 Å². The van der Waals surface area contributed by atoms with Gasteiger partial charge in [-0.25, -0.2) is 0 Å². The van der Waals surface area contributed by atoms with E-state index >= 15 is 0 Å². The maximum absolute atomic E-state index is 13.1. The number of benzene rings is 2. The lowest BCUT2D eigenvalue weighted by atomic mass is 9.25. The van der Waals surface area contributed by atoms with E-state index in [1.54, 1.807) is 18.2 Å². The maximum Gasteiger partial charge on any atom is 0.309 e. The number of aromatic hydroxyl groups is 1. The number of carboxylic acid groups (broad SMARTS) is 1. The summed E-state index contributed by atoms with van der Waals surface area (Å²) in [6.45, 7) is 10.0. The first-order valence-electron chi connectivity index (χ1n) is 16.1. The molecule has 42 heavy (non-hydrogen) atoms. The molecule has 4 unspecified atom stereocenters. The van der Waals surface area contributed by atoms with Crippen molar-refractivity contribution in [3.63, 3.8) is 0 Å². The molecule has 0 aromatic heterocycles. The molecule has 4 atom stereocenters. The first kappa shape index (κ1) is 26.9. The highest BCUT2D eigenvalue weighted by Crippen LogP contribution is 2.85. The van der Waals surface area contributed by atoms with Crippen LogP contribution in [0.4, 0.5) is 5.69 Å². The largest absolute Gasteiger partial charge is 0.506 e. The van der Waals surface area contributed by atoms with Gasteiger partial charge in [-0.3, -0.25) is 4.79 Å². The second-order valence-corrected chi connectivity index (χ2v) is 18.1. The molecule has 0 radical (unpaired) electrons. The smallest absolute Gasteiger partial charge is 0.309 e. The van der Waals surface area contributed by atoms with Crippen LogP contribution in [-0.4, -0.2) is 16.2 Å². The molecule has 0 aliphatic heterocycles. The summed E-state index contributed by atoms with van der Waals surface area (Å²) >= 11 is 0. The molecule has 0 amide bonds. The van der Waals surface area contributed by atoms with E-state index < -0.39 is 11.4 Å². The molecule has 8 bridgehead atoms. The van der Waals surface area contributed by atoms with Crippen molar-refractivity contribution < 1.29 is 19.7 Å². The van der Waals surface area contributed by atoms with Gasteiger partial charge in [-0.15, -0.1) is 0 Å². The Bertz CT molecular complexity index is 1470. The van der Waals surface area contributed by atoms with Gasteiger partial charge in [-0.1, -0.05) is 39.8 Å². The fraction of sp³-hybridized carbons (Fsp3) is 0.649. The molecule has 5 heteroatoms. The minimum atomic E-state index is -0.550. The predicted octanol–water partition coefficient (Wildman–Crippen LogP) is 8.84. The minimum Gasteiger partial charge on any atom is -0.506 e. The molecule has 0 spiro atoms. The Kier molecular flexibility index (Phi) is 4.92. The molecule has 5 nitrogen and oxygen atoms in total. The summed E-state index contributed by atoms with van der Waals surface area (Å²) in [6, 6.07) is 13.8. The van der Waals surface area contributed by atoms with Crippen LogP contribution in [0.15, 0.2) is 42.5 Å². The van der Waals surface area contributed by atoms with E-state index in [1.165, 1.54) is 63.4 Å². The van der Waals surface area contributed by atoms with Crippen molar-refractivity contribution in [3.05, 3.63) is 48.0 Å². The van der Waals surface area contributed by atoms with Crippen LogP contribution in [0.3, 0.4) is 0 Å². The average molecular weight is 570 g/mol. The zero-order chi connectivity index (χ0) is 29.6. The number of nitrogen functional groups attached to an aromatic ring is 1. The Morgan fingerprint density at radius 1 is 0.667 bits per heavy atom. The van der Waals surface area contributed by atoms with E-state index in [0.717, 1.165) is 25.0 Å². The summed E-state index contributed by atoms with van der Waals surface area (Å²) in [7, 11) is 0. The Morgan fingerprint density at radius 3 is 1.69 bits per heavy atom. The molecule has 2 aromatic rings. The van der Waals surface area contributed by atoms with Gasteiger partial charge in [0.1, 0.15) is 17.2 Å².